The minimum atomic E-state index is -4.46. The SMILES string of the molecule is CSc1ccc(C(F)(F)F)cc1C(=O)c1ccccc1. The first-order chi connectivity index (χ1) is 9.43. The third kappa shape index (κ3) is 3.04. The van der Waals surface area contributed by atoms with Crippen LogP contribution >= 0.6 is 11.8 Å². The topological polar surface area (TPSA) is 17.1 Å². The monoisotopic (exact) mass is 296 g/mol. The van der Waals surface area contributed by atoms with Crippen molar-refractivity contribution in [3.05, 3.63) is 65.2 Å². The third-order valence-electron chi connectivity index (χ3n) is 2.81. The predicted octanol–water partition coefficient (Wildman–Crippen LogP) is 4.66. The molecule has 0 aliphatic heterocycles. The zero-order valence-electron chi connectivity index (χ0n) is 10.6. The molecule has 0 saturated heterocycles. The van der Waals surface area contributed by atoms with Crippen LogP contribution in [0.4, 0.5) is 13.2 Å². The summed E-state index contributed by atoms with van der Waals surface area (Å²) in [6.07, 6.45) is -2.73. The fourth-order valence-corrected chi connectivity index (χ4v) is 2.38. The van der Waals surface area contributed by atoms with Crippen molar-refractivity contribution in [1.29, 1.82) is 0 Å². The van der Waals surface area contributed by atoms with Gasteiger partial charge < -0.3 is 0 Å². The Kier molecular flexibility index (Phi) is 4.18. The number of carbonyl (C=O) groups is 1. The van der Waals surface area contributed by atoms with E-state index in [0.717, 1.165) is 12.1 Å². The van der Waals surface area contributed by atoms with Gasteiger partial charge in [-0.25, -0.2) is 0 Å². The van der Waals surface area contributed by atoms with Gasteiger partial charge in [-0.2, -0.15) is 13.2 Å². The number of alkyl halides is 3. The van der Waals surface area contributed by atoms with Crippen molar-refractivity contribution in [1.82, 2.24) is 0 Å². The molecule has 0 atom stereocenters. The van der Waals surface area contributed by atoms with Crippen molar-refractivity contribution in [2.75, 3.05) is 6.26 Å². The number of benzene rings is 2. The van der Waals surface area contributed by atoms with E-state index in [2.05, 4.69) is 0 Å². The van der Waals surface area contributed by atoms with Gasteiger partial charge in [-0.3, -0.25) is 4.79 Å². The number of rotatable bonds is 3. The first kappa shape index (κ1) is 14.7. The van der Waals surface area contributed by atoms with Gasteiger partial charge in [0.25, 0.3) is 0 Å². The molecule has 104 valence electrons. The second kappa shape index (κ2) is 5.71. The summed E-state index contributed by atoms with van der Waals surface area (Å²) >= 11 is 1.25. The van der Waals surface area contributed by atoms with Gasteiger partial charge in [0.2, 0.25) is 0 Å². The van der Waals surface area contributed by atoms with Crippen molar-refractivity contribution < 1.29 is 18.0 Å². The Hall–Kier alpha value is -1.75. The van der Waals surface area contributed by atoms with E-state index in [1.807, 2.05) is 0 Å². The Morgan fingerprint density at radius 3 is 2.25 bits per heavy atom. The molecule has 5 heteroatoms. The summed E-state index contributed by atoms with van der Waals surface area (Å²) in [5.74, 6) is -0.402. The van der Waals surface area contributed by atoms with Crippen molar-refractivity contribution in [2.45, 2.75) is 11.1 Å². The Morgan fingerprint density at radius 1 is 1.05 bits per heavy atom. The molecule has 2 aromatic rings. The van der Waals surface area contributed by atoms with Gasteiger partial charge in [-0.15, -0.1) is 11.8 Å². The molecular weight excluding hydrogens is 285 g/mol. The van der Waals surface area contributed by atoms with E-state index < -0.39 is 17.5 Å². The molecule has 2 aromatic carbocycles. The zero-order valence-corrected chi connectivity index (χ0v) is 11.4. The highest BCUT2D eigenvalue weighted by atomic mass is 32.2. The smallest absolute Gasteiger partial charge is 0.289 e. The summed E-state index contributed by atoms with van der Waals surface area (Å²) < 4.78 is 38.3. The molecule has 2 rings (SSSR count). The molecule has 0 fully saturated rings. The lowest BCUT2D eigenvalue weighted by Gasteiger charge is -2.11. The van der Waals surface area contributed by atoms with E-state index in [-0.39, 0.29) is 5.56 Å². The van der Waals surface area contributed by atoms with Crippen molar-refractivity contribution in [3.8, 4) is 0 Å². The van der Waals surface area contributed by atoms with Crippen LogP contribution in [0.5, 0.6) is 0 Å². The van der Waals surface area contributed by atoms with Gasteiger partial charge in [0, 0.05) is 16.0 Å². The van der Waals surface area contributed by atoms with Gasteiger partial charge in [0.05, 0.1) is 5.56 Å². The zero-order chi connectivity index (χ0) is 14.8. The summed E-state index contributed by atoms with van der Waals surface area (Å²) in [5, 5.41) is 0. The first-order valence-electron chi connectivity index (χ1n) is 5.78. The Labute approximate surface area is 118 Å². The Bertz CT molecular complexity index is 621. The second-order valence-corrected chi connectivity index (χ2v) is 4.96. The predicted molar refractivity (Wildman–Crippen MR) is 73.1 cm³/mol. The van der Waals surface area contributed by atoms with Crippen LogP contribution in [0.15, 0.2) is 53.4 Å². The van der Waals surface area contributed by atoms with Crippen LogP contribution in [0.1, 0.15) is 21.5 Å². The fourth-order valence-electron chi connectivity index (χ4n) is 1.81. The highest BCUT2D eigenvalue weighted by molar-refractivity contribution is 7.98. The van der Waals surface area contributed by atoms with Gasteiger partial charge >= 0.3 is 6.18 Å². The minimum Gasteiger partial charge on any atom is -0.289 e. The molecule has 0 radical (unpaired) electrons. The molecular formula is C15H11F3OS. The molecule has 0 aliphatic carbocycles. The molecule has 20 heavy (non-hydrogen) atoms. The minimum absolute atomic E-state index is 0.0820. The normalized spacial score (nSPS) is 11.4. The quantitative estimate of drug-likeness (QED) is 0.605. The lowest BCUT2D eigenvalue weighted by atomic mass is 10.0. The Morgan fingerprint density at radius 2 is 1.70 bits per heavy atom. The summed E-state index contributed by atoms with van der Waals surface area (Å²) in [4.78, 5) is 12.9. The molecule has 0 saturated carbocycles. The average molecular weight is 296 g/mol. The number of halogens is 3. The van der Waals surface area contributed by atoms with Crippen molar-refractivity contribution >= 4 is 17.5 Å². The molecule has 0 spiro atoms. The van der Waals surface area contributed by atoms with Crippen LogP contribution in [0, 0.1) is 0 Å². The van der Waals surface area contributed by atoms with Crippen molar-refractivity contribution in [2.24, 2.45) is 0 Å². The third-order valence-corrected chi connectivity index (χ3v) is 3.60. The van der Waals surface area contributed by atoms with Crippen LogP contribution in [0.3, 0.4) is 0 Å². The van der Waals surface area contributed by atoms with E-state index in [1.165, 1.54) is 17.8 Å². The van der Waals surface area contributed by atoms with Crippen LogP contribution in [-0.2, 0) is 6.18 Å². The summed E-state index contributed by atoms with van der Waals surface area (Å²) in [5.41, 5.74) is -0.352. The summed E-state index contributed by atoms with van der Waals surface area (Å²) in [7, 11) is 0. The highest BCUT2D eigenvalue weighted by Gasteiger charge is 2.31. The molecule has 1 nitrogen and oxygen atoms in total. The standard InChI is InChI=1S/C15H11F3OS/c1-20-13-8-7-11(15(16,17)18)9-12(13)14(19)10-5-3-2-4-6-10/h2-9H,1H3. The highest BCUT2D eigenvalue weighted by Crippen LogP contribution is 2.33. The van der Waals surface area contributed by atoms with Gasteiger partial charge in [0.1, 0.15) is 0 Å². The number of carbonyl (C=O) groups excluding carboxylic acids is 1. The average Bonchev–Trinajstić information content (AvgIpc) is 2.45. The largest absolute Gasteiger partial charge is 0.416 e. The van der Waals surface area contributed by atoms with E-state index >= 15 is 0 Å². The number of thioether (sulfide) groups is 1. The summed E-state index contributed by atoms with van der Waals surface area (Å²) in [6, 6.07) is 11.5. The maximum absolute atomic E-state index is 12.8. The van der Waals surface area contributed by atoms with Crippen LogP contribution in [0.25, 0.3) is 0 Å². The second-order valence-electron chi connectivity index (χ2n) is 4.11. The molecule has 0 amide bonds. The van der Waals surface area contributed by atoms with E-state index in [4.69, 9.17) is 0 Å². The van der Waals surface area contributed by atoms with Crippen molar-refractivity contribution in [3.63, 3.8) is 0 Å². The van der Waals surface area contributed by atoms with E-state index in [9.17, 15) is 18.0 Å². The van der Waals surface area contributed by atoms with Crippen LogP contribution in [0.2, 0.25) is 0 Å². The Balaban J connectivity index is 2.52. The number of hydrogen-bond acceptors (Lipinski definition) is 2. The molecule has 0 aromatic heterocycles. The lowest BCUT2D eigenvalue weighted by Crippen LogP contribution is -2.09. The van der Waals surface area contributed by atoms with E-state index in [1.54, 1.807) is 36.6 Å². The van der Waals surface area contributed by atoms with Gasteiger partial charge in [0.15, 0.2) is 5.78 Å². The molecule has 0 heterocycles. The van der Waals surface area contributed by atoms with Gasteiger partial charge in [-0.05, 0) is 24.5 Å². The lowest BCUT2D eigenvalue weighted by molar-refractivity contribution is -0.137. The maximum Gasteiger partial charge on any atom is 0.416 e. The summed E-state index contributed by atoms with van der Waals surface area (Å²) in [6.45, 7) is 0. The molecule has 0 N–H and O–H groups in total. The number of hydrogen-bond donors (Lipinski definition) is 0. The van der Waals surface area contributed by atoms with Gasteiger partial charge in [-0.1, -0.05) is 30.3 Å². The number of ketones is 1. The molecule has 0 bridgehead atoms. The fraction of sp³-hybridized carbons (Fsp3) is 0.133. The van der Waals surface area contributed by atoms with Crippen LogP contribution < -0.4 is 0 Å². The molecule has 0 aliphatic rings. The molecule has 0 unspecified atom stereocenters. The van der Waals surface area contributed by atoms with E-state index in [0.29, 0.717) is 10.5 Å². The van der Waals surface area contributed by atoms with Crippen LogP contribution in [-0.4, -0.2) is 12.0 Å². The first-order valence-corrected chi connectivity index (χ1v) is 7.01. The maximum atomic E-state index is 12.8.